The molecule has 3 rings (SSSR count). The van der Waals surface area contributed by atoms with Crippen LogP contribution >= 0.6 is 27.3 Å². The van der Waals surface area contributed by atoms with Crippen LogP contribution in [0.3, 0.4) is 0 Å². The Morgan fingerprint density at radius 3 is 2.27 bits per heavy atom. The van der Waals surface area contributed by atoms with E-state index in [0.717, 1.165) is 10.0 Å². The highest BCUT2D eigenvalue weighted by Gasteiger charge is 2.27. The van der Waals surface area contributed by atoms with E-state index in [9.17, 15) is 9.59 Å². The first-order valence-electron chi connectivity index (χ1n) is 10.3. The Labute approximate surface area is 204 Å². The smallest absolute Gasteiger partial charge is 0.252 e. The van der Waals surface area contributed by atoms with E-state index in [0.29, 0.717) is 33.6 Å². The number of halogens is 1. The average Bonchev–Trinajstić information content (AvgIpc) is 3.30. The average molecular weight is 533 g/mol. The van der Waals surface area contributed by atoms with E-state index in [-0.39, 0.29) is 11.8 Å². The Balaban J connectivity index is 1.76. The molecule has 0 saturated heterocycles. The molecule has 10 heteroatoms. The Bertz CT molecular complexity index is 1100. The molecule has 0 saturated carbocycles. The molecule has 0 unspecified atom stereocenters. The molecule has 0 bridgehead atoms. The summed E-state index contributed by atoms with van der Waals surface area (Å²) in [5.74, 6) is 0.101. The molecule has 2 atom stereocenters. The Hall–Kier alpha value is -2.98. The molecule has 174 valence electrons. The maximum absolute atomic E-state index is 13.1. The number of rotatable bonds is 9. The SMILES string of the molecule is CC[C@H](C)[C@@H](NC(=O)c1cc(OC)cc(OC)c1)C(=O)Nc1nnc(-c2ccc(Br)cc2)s1. The van der Waals surface area contributed by atoms with Gasteiger partial charge in [0, 0.05) is 21.7 Å². The highest BCUT2D eigenvalue weighted by Crippen LogP contribution is 2.28. The van der Waals surface area contributed by atoms with E-state index < -0.39 is 11.9 Å². The largest absolute Gasteiger partial charge is 0.497 e. The summed E-state index contributed by atoms with van der Waals surface area (Å²) in [5, 5.41) is 14.9. The lowest BCUT2D eigenvalue weighted by molar-refractivity contribution is -0.119. The van der Waals surface area contributed by atoms with E-state index in [1.165, 1.54) is 25.6 Å². The van der Waals surface area contributed by atoms with Gasteiger partial charge in [0.15, 0.2) is 0 Å². The number of hydrogen-bond acceptors (Lipinski definition) is 7. The number of nitrogens with zero attached hydrogens (tertiary/aromatic N) is 2. The third kappa shape index (κ3) is 6.29. The summed E-state index contributed by atoms with van der Waals surface area (Å²) >= 11 is 4.67. The molecular weight excluding hydrogens is 508 g/mol. The molecule has 0 aliphatic heterocycles. The van der Waals surface area contributed by atoms with Crippen LogP contribution in [-0.4, -0.2) is 42.3 Å². The quantitative estimate of drug-likeness (QED) is 0.411. The number of aromatic nitrogens is 2. The fourth-order valence-corrected chi connectivity index (χ4v) is 4.05. The molecule has 0 fully saturated rings. The predicted molar refractivity (Wildman–Crippen MR) is 132 cm³/mol. The van der Waals surface area contributed by atoms with Gasteiger partial charge in [0.1, 0.15) is 22.5 Å². The second-order valence-corrected chi connectivity index (χ2v) is 9.24. The van der Waals surface area contributed by atoms with E-state index in [2.05, 4.69) is 36.8 Å². The van der Waals surface area contributed by atoms with Crippen molar-refractivity contribution in [3.8, 4) is 22.1 Å². The second-order valence-electron chi connectivity index (χ2n) is 7.35. The van der Waals surface area contributed by atoms with Gasteiger partial charge in [-0.05, 0) is 30.2 Å². The molecule has 33 heavy (non-hydrogen) atoms. The number of nitrogens with one attached hydrogen (secondary N) is 2. The van der Waals surface area contributed by atoms with Crippen LogP contribution in [0.25, 0.3) is 10.6 Å². The van der Waals surface area contributed by atoms with Crippen LogP contribution in [0.5, 0.6) is 11.5 Å². The molecular formula is C23H25BrN4O4S. The van der Waals surface area contributed by atoms with Crippen molar-refractivity contribution < 1.29 is 19.1 Å². The minimum absolute atomic E-state index is 0.111. The summed E-state index contributed by atoms with van der Waals surface area (Å²) in [4.78, 5) is 26.0. The fraction of sp³-hybridized carbons (Fsp3) is 0.304. The molecule has 2 aromatic carbocycles. The van der Waals surface area contributed by atoms with E-state index in [1.54, 1.807) is 18.2 Å². The number of carbonyl (C=O) groups excluding carboxylic acids is 2. The number of amides is 2. The summed E-state index contributed by atoms with van der Waals surface area (Å²) in [5.41, 5.74) is 1.23. The van der Waals surface area contributed by atoms with Crippen LogP contribution in [0.2, 0.25) is 0 Å². The van der Waals surface area contributed by atoms with Crippen LogP contribution < -0.4 is 20.1 Å². The van der Waals surface area contributed by atoms with Crippen molar-refractivity contribution in [2.24, 2.45) is 5.92 Å². The first-order chi connectivity index (χ1) is 15.8. The lowest BCUT2D eigenvalue weighted by Gasteiger charge is -2.23. The Morgan fingerprint density at radius 2 is 1.70 bits per heavy atom. The van der Waals surface area contributed by atoms with Gasteiger partial charge in [0.2, 0.25) is 11.0 Å². The molecule has 1 aromatic heterocycles. The van der Waals surface area contributed by atoms with E-state index >= 15 is 0 Å². The number of carbonyl (C=O) groups is 2. The topological polar surface area (TPSA) is 102 Å². The number of hydrogen-bond donors (Lipinski definition) is 2. The van der Waals surface area contributed by atoms with E-state index in [1.807, 2.05) is 38.1 Å². The summed E-state index contributed by atoms with van der Waals surface area (Å²) in [7, 11) is 3.02. The van der Waals surface area contributed by atoms with Crippen molar-refractivity contribution >= 4 is 44.2 Å². The van der Waals surface area contributed by atoms with Crippen molar-refractivity contribution in [3.63, 3.8) is 0 Å². The zero-order valence-corrected chi connectivity index (χ0v) is 21.1. The minimum atomic E-state index is -0.764. The number of methoxy groups -OCH3 is 2. The number of ether oxygens (including phenoxy) is 2. The monoisotopic (exact) mass is 532 g/mol. The van der Waals surface area contributed by atoms with Gasteiger partial charge in [0.25, 0.3) is 5.91 Å². The van der Waals surface area contributed by atoms with Gasteiger partial charge in [-0.25, -0.2) is 0 Å². The lowest BCUT2D eigenvalue weighted by Crippen LogP contribution is -2.47. The van der Waals surface area contributed by atoms with Gasteiger partial charge in [-0.3, -0.25) is 14.9 Å². The van der Waals surface area contributed by atoms with Crippen molar-refractivity contribution in [3.05, 3.63) is 52.5 Å². The maximum Gasteiger partial charge on any atom is 0.252 e. The first-order valence-corrected chi connectivity index (χ1v) is 11.9. The molecule has 0 radical (unpaired) electrons. The standard InChI is InChI=1S/C23H25BrN4O4S/c1-5-13(2)19(25-20(29)15-10-17(31-3)12-18(11-15)32-4)21(30)26-23-28-27-22(33-23)14-6-8-16(24)9-7-14/h6-13,19H,5H2,1-4H3,(H,25,29)(H,26,28,30)/t13-,19+/m0/s1. The summed E-state index contributed by atoms with van der Waals surface area (Å²) in [6, 6.07) is 11.8. The van der Waals surface area contributed by atoms with Gasteiger partial charge < -0.3 is 14.8 Å². The predicted octanol–water partition coefficient (Wildman–Crippen LogP) is 4.77. The number of anilines is 1. The molecule has 1 heterocycles. The van der Waals surface area contributed by atoms with Gasteiger partial charge in [-0.15, -0.1) is 10.2 Å². The van der Waals surface area contributed by atoms with Crippen molar-refractivity contribution in [2.45, 2.75) is 26.3 Å². The molecule has 2 amide bonds. The van der Waals surface area contributed by atoms with Crippen LogP contribution in [0.4, 0.5) is 5.13 Å². The Morgan fingerprint density at radius 1 is 1.06 bits per heavy atom. The molecule has 2 N–H and O–H groups in total. The van der Waals surface area contributed by atoms with Gasteiger partial charge in [-0.1, -0.05) is 59.7 Å². The highest BCUT2D eigenvalue weighted by molar-refractivity contribution is 9.10. The van der Waals surface area contributed by atoms with E-state index in [4.69, 9.17) is 9.47 Å². The normalized spacial score (nSPS) is 12.5. The van der Waals surface area contributed by atoms with Crippen molar-refractivity contribution in [2.75, 3.05) is 19.5 Å². The van der Waals surface area contributed by atoms with Gasteiger partial charge >= 0.3 is 0 Å². The molecule has 0 aliphatic carbocycles. The second kappa shape index (κ2) is 11.2. The summed E-state index contributed by atoms with van der Waals surface area (Å²) < 4.78 is 11.4. The summed E-state index contributed by atoms with van der Waals surface area (Å²) in [6.07, 6.45) is 0.695. The van der Waals surface area contributed by atoms with Gasteiger partial charge in [0.05, 0.1) is 14.2 Å². The van der Waals surface area contributed by atoms with Crippen molar-refractivity contribution in [1.29, 1.82) is 0 Å². The third-order valence-electron chi connectivity index (χ3n) is 5.14. The zero-order valence-electron chi connectivity index (χ0n) is 18.7. The zero-order chi connectivity index (χ0) is 24.0. The Kier molecular flexibility index (Phi) is 8.40. The maximum atomic E-state index is 13.1. The molecule has 8 nitrogen and oxygen atoms in total. The fourth-order valence-electron chi connectivity index (χ4n) is 3.03. The lowest BCUT2D eigenvalue weighted by atomic mass is 9.98. The third-order valence-corrected chi connectivity index (χ3v) is 6.56. The first kappa shape index (κ1) is 24.7. The minimum Gasteiger partial charge on any atom is -0.497 e. The van der Waals surface area contributed by atoms with Crippen LogP contribution in [0.1, 0.15) is 30.6 Å². The van der Waals surface area contributed by atoms with Crippen molar-refractivity contribution in [1.82, 2.24) is 15.5 Å². The molecule has 0 aliphatic rings. The molecule has 3 aromatic rings. The molecule has 0 spiro atoms. The highest BCUT2D eigenvalue weighted by atomic mass is 79.9. The number of benzene rings is 2. The van der Waals surface area contributed by atoms with Crippen LogP contribution in [0, 0.1) is 5.92 Å². The van der Waals surface area contributed by atoms with Gasteiger partial charge in [-0.2, -0.15) is 0 Å². The van der Waals surface area contributed by atoms with Crippen LogP contribution in [0.15, 0.2) is 46.9 Å². The van der Waals surface area contributed by atoms with Crippen LogP contribution in [-0.2, 0) is 4.79 Å². The summed E-state index contributed by atoms with van der Waals surface area (Å²) in [6.45, 7) is 3.87.